The van der Waals surface area contributed by atoms with Crippen LogP contribution in [0.5, 0.6) is 0 Å². The Morgan fingerprint density at radius 1 is 1.38 bits per heavy atom. The molecule has 0 aromatic heterocycles. The van der Waals surface area contributed by atoms with E-state index < -0.39 is 12.1 Å². The van der Waals surface area contributed by atoms with Crippen molar-refractivity contribution in [3.8, 4) is 0 Å². The van der Waals surface area contributed by atoms with E-state index in [1.54, 1.807) is 24.3 Å². The lowest BCUT2D eigenvalue weighted by atomic mass is 10.1. The maximum absolute atomic E-state index is 11.1. The number of hydrogen-bond acceptors (Lipinski definition) is 4. The minimum Gasteiger partial charge on any atom is -0.467 e. The minimum atomic E-state index is -0.841. The van der Waals surface area contributed by atoms with Gasteiger partial charge in [0.05, 0.1) is 7.11 Å². The maximum Gasteiger partial charge on any atom is 0.341 e. The first-order chi connectivity index (χ1) is 6.29. The highest BCUT2D eigenvalue weighted by atomic mass is 16.6. The Morgan fingerprint density at radius 3 is 2.46 bits per heavy atom. The molecule has 0 heterocycles. The molecule has 0 fully saturated rings. The molecule has 0 aliphatic carbocycles. The lowest BCUT2D eigenvalue weighted by Gasteiger charge is -2.11. The van der Waals surface area contributed by atoms with Gasteiger partial charge in [-0.1, -0.05) is 30.3 Å². The predicted molar refractivity (Wildman–Crippen MR) is 46.5 cm³/mol. The lowest BCUT2D eigenvalue weighted by molar-refractivity contribution is -0.155. The number of hydrogen-bond donors (Lipinski definition) is 1. The van der Waals surface area contributed by atoms with Gasteiger partial charge in [-0.3, -0.25) is 4.84 Å². The van der Waals surface area contributed by atoms with Gasteiger partial charge >= 0.3 is 5.97 Å². The van der Waals surface area contributed by atoms with E-state index in [0.717, 1.165) is 0 Å². The molecule has 1 rings (SSSR count). The molecule has 1 aromatic carbocycles. The predicted octanol–water partition coefficient (Wildman–Crippen LogP) is 0.791. The van der Waals surface area contributed by atoms with Gasteiger partial charge in [-0.25, -0.2) is 10.7 Å². The van der Waals surface area contributed by atoms with Crippen LogP contribution in [0, 0.1) is 0 Å². The minimum absolute atomic E-state index is 0.506. The Bertz CT molecular complexity index is 273. The number of ether oxygens (including phenoxy) is 1. The van der Waals surface area contributed by atoms with Crippen LogP contribution >= 0.6 is 0 Å². The zero-order valence-electron chi connectivity index (χ0n) is 7.27. The molecular formula is C9H11NO3. The molecule has 0 saturated heterocycles. The van der Waals surface area contributed by atoms with E-state index in [0.29, 0.717) is 5.56 Å². The summed E-state index contributed by atoms with van der Waals surface area (Å²) >= 11 is 0. The van der Waals surface area contributed by atoms with Crippen molar-refractivity contribution >= 4 is 5.97 Å². The van der Waals surface area contributed by atoms with Crippen LogP contribution in [0.2, 0.25) is 0 Å². The zero-order valence-corrected chi connectivity index (χ0v) is 7.27. The third-order valence-corrected chi connectivity index (χ3v) is 1.65. The first-order valence-corrected chi connectivity index (χ1v) is 3.78. The van der Waals surface area contributed by atoms with Crippen molar-refractivity contribution in [2.75, 3.05) is 7.11 Å². The van der Waals surface area contributed by atoms with Gasteiger partial charge in [-0.15, -0.1) is 0 Å². The molecule has 0 saturated carbocycles. The summed E-state index contributed by atoms with van der Waals surface area (Å²) in [5.41, 5.74) is 0.678. The summed E-state index contributed by atoms with van der Waals surface area (Å²) in [6.45, 7) is 0. The summed E-state index contributed by atoms with van der Waals surface area (Å²) in [5, 5.41) is 0. The quantitative estimate of drug-likeness (QED) is 0.553. The number of nitrogens with two attached hydrogens (primary N) is 1. The van der Waals surface area contributed by atoms with Gasteiger partial charge in [0, 0.05) is 0 Å². The Hall–Kier alpha value is -1.39. The van der Waals surface area contributed by atoms with Gasteiger partial charge in [0.25, 0.3) is 0 Å². The fraction of sp³-hybridized carbons (Fsp3) is 0.222. The SMILES string of the molecule is COC(=O)C(ON)c1ccccc1. The van der Waals surface area contributed by atoms with Crippen LogP contribution in [0.4, 0.5) is 0 Å². The first-order valence-electron chi connectivity index (χ1n) is 3.78. The molecule has 4 nitrogen and oxygen atoms in total. The van der Waals surface area contributed by atoms with Crippen LogP contribution in [0.25, 0.3) is 0 Å². The van der Waals surface area contributed by atoms with Gasteiger partial charge in [0.2, 0.25) is 6.10 Å². The Kier molecular flexibility index (Phi) is 3.42. The van der Waals surface area contributed by atoms with E-state index in [4.69, 9.17) is 5.90 Å². The summed E-state index contributed by atoms with van der Waals surface area (Å²) < 4.78 is 4.51. The smallest absolute Gasteiger partial charge is 0.341 e. The number of benzene rings is 1. The number of carbonyl (C=O) groups is 1. The number of esters is 1. The molecule has 4 heteroatoms. The average Bonchev–Trinajstić information content (AvgIpc) is 2.20. The molecule has 0 bridgehead atoms. The van der Waals surface area contributed by atoms with Crippen molar-refractivity contribution < 1.29 is 14.4 Å². The van der Waals surface area contributed by atoms with Crippen molar-refractivity contribution in [2.24, 2.45) is 5.90 Å². The third kappa shape index (κ3) is 2.27. The molecule has 1 atom stereocenters. The molecule has 1 unspecified atom stereocenters. The highest BCUT2D eigenvalue weighted by molar-refractivity contribution is 5.76. The van der Waals surface area contributed by atoms with Crippen LogP contribution in [-0.4, -0.2) is 13.1 Å². The van der Waals surface area contributed by atoms with E-state index >= 15 is 0 Å². The maximum atomic E-state index is 11.1. The van der Waals surface area contributed by atoms with E-state index in [9.17, 15) is 4.79 Å². The van der Waals surface area contributed by atoms with Crippen molar-refractivity contribution in [1.82, 2.24) is 0 Å². The monoisotopic (exact) mass is 181 g/mol. The second-order valence-electron chi connectivity index (χ2n) is 2.45. The van der Waals surface area contributed by atoms with E-state index in [2.05, 4.69) is 9.57 Å². The summed E-state index contributed by atoms with van der Waals surface area (Å²) in [7, 11) is 1.29. The lowest BCUT2D eigenvalue weighted by Crippen LogP contribution is -2.20. The standard InChI is InChI=1S/C9H11NO3/c1-12-9(11)8(13-10)7-5-3-2-4-6-7/h2-6,8H,10H2,1H3. The van der Waals surface area contributed by atoms with Crippen LogP contribution in [-0.2, 0) is 14.4 Å². The molecule has 0 aliphatic rings. The third-order valence-electron chi connectivity index (χ3n) is 1.65. The number of methoxy groups -OCH3 is 1. The van der Waals surface area contributed by atoms with Crippen molar-refractivity contribution in [2.45, 2.75) is 6.10 Å². The Labute approximate surface area is 76.2 Å². The highest BCUT2D eigenvalue weighted by Gasteiger charge is 2.20. The van der Waals surface area contributed by atoms with Crippen molar-refractivity contribution in [3.63, 3.8) is 0 Å². The number of carbonyl (C=O) groups excluding carboxylic acids is 1. The summed E-state index contributed by atoms with van der Waals surface area (Å²) in [4.78, 5) is 15.6. The van der Waals surface area contributed by atoms with Gasteiger partial charge in [0.1, 0.15) is 0 Å². The molecular weight excluding hydrogens is 170 g/mol. The van der Waals surface area contributed by atoms with Crippen molar-refractivity contribution in [1.29, 1.82) is 0 Å². The topological polar surface area (TPSA) is 61.5 Å². The molecule has 13 heavy (non-hydrogen) atoms. The molecule has 70 valence electrons. The second-order valence-corrected chi connectivity index (χ2v) is 2.45. The van der Waals surface area contributed by atoms with Crippen LogP contribution < -0.4 is 5.90 Å². The largest absolute Gasteiger partial charge is 0.467 e. The first kappa shape index (κ1) is 9.70. The molecule has 0 radical (unpaired) electrons. The molecule has 0 aliphatic heterocycles. The number of rotatable bonds is 3. The van der Waals surface area contributed by atoms with Crippen LogP contribution in [0.1, 0.15) is 11.7 Å². The normalized spacial score (nSPS) is 12.2. The molecule has 0 spiro atoms. The highest BCUT2D eigenvalue weighted by Crippen LogP contribution is 2.15. The summed E-state index contributed by atoms with van der Waals surface area (Å²) in [5.74, 6) is 4.47. The average molecular weight is 181 g/mol. The van der Waals surface area contributed by atoms with Gasteiger partial charge in [-0.05, 0) is 5.56 Å². The van der Waals surface area contributed by atoms with Crippen LogP contribution in [0.3, 0.4) is 0 Å². The van der Waals surface area contributed by atoms with E-state index in [-0.39, 0.29) is 0 Å². The zero-order chi connectivity index (χ0) is 9.68. The summed E-state index contributed by atoms with van der Waals surface area (Å²) in [6, 6.07) is 8.92. The molecule has 1 aromatic rings. The van der Waals surface area contributed by atoms with Gasteiger partial charge in [0.15, 0.2) is 0 Å². The fourth-order valence-corrected chi connectivity index (χ4v) is 1.01. The fourth-order valence-electron chi connectivity index (χ4n) is 1.01. The molecule has 2 N–H and O–H groups in total. The summed E-state index contributed by atoms with van der Waals surface area (Å²) in [6.07, 6.45) is -0.841. The van der Waals surface area contributed by atoms with Gasteiger partial charge < -0.3 is 4.74 Å². The van der Waals surface area contributed by atoms with Gasteiger partial charge in [-0.2, -0.15) is 0 Å². The Balaban J connectivity index is 2.85. The van der Waals surface area contributed by atoms with E-state index in [1.807, 2.05) is 6.07 Å². The molecule has 0 amide bonds. The van der Waals surface area contributed by atoms with Crippen molar-refractivity contribution in [3.05, 3.63) is 35.9 Å². The van der Waals surface area contributed by atoms with Crippen LogP contribution in [0.15, 0.2) is 30.3 Å². The Morgan fingerprint density at radius 2 is 2.00 bits per heavy atom. The van der Waals surface area contributed by atoms with E-state index in [1.165, 1.54) is 7.11 Å². The second kappa shape index (κ2) is 4.59.